The lowest BCUT2D eigenvalue weighted by Gasteiger charge is -2.11. The number of aromatic nitrogens is 1. The zero-order chi connectivity index (χ0) is 11.3. The van der Waals surface area contributed by atoms with Crippen LogP contribution in [-0.4, -0.2) is 36.5 Å². The third kappa shape index (κ3) is 3.55. The molecule has 0 aliphatic carbocycles. The number of rotatable bonds is 4. The fourth-order valence-corrected chi connectivity index (χ4v) is 1.08. The number of hydrogen-bond acceptors (Lipinski definition) is 4. The van der Waals surface area contributed by atoms with Crippen molar-refractivity contribution in [3.8, 4) is 0 Å². The maximum Gasteiger partial charge on any atom is 0.267 e. The van der Waals surface area contributed by atoms with Crippen LogP contribution in [0.3, 0.4) is 0 Å². The number of carbonyl (C=O) groups excluding carboxylic acids is 1. The van der Waals surface area contributed by atoms with Crippen LogP contribution in [0.2, 0.25) is 0 Å². The molecule has 0 saturated heterocycles. The summed E-state index contributed by atoms with van der Waals surface area (Å²) in [6.45, 7) is 2.81. The highest BCUT2D eigenvalue weighted by molar-refractivity contribution is 5.93. The van der Waals surface area contributed by atoms with Crippen molar-refractivity contribution in [1.82, 2.24) is 15.4 Å². The second-order valence-electron chi connectivity index (χ2n) is 3.30. The second kappa shape index (κ2) is 5.31. The molecule has 82 valence electrons. The largest absolute Gasteiger partial charge is 0.370 e. The lowest BCUT2D eigenvalue weighted by molar-refractivity contribution is 0.0856. The SMILES string of the molecule is CCNc1ccc(C(=O)NN(C)C)cn1. The van der Waals surface area contributed by atoms with Crippen molar-refractivity contribution < 1.29 is 4.79 Å². The molecule has 2 N–H and O–H groups in total. The first kappa shape index (κ1) is 11.5. The van der Waals surface area contributed by atoms with Gasteiger partial charge in [0.1, 0.15) is 5.82 Å². The first-order valence-electron chi connectivity index (χ1n) is 4.81. The third-order valence-electron chi connectivity index (χ3n) is 1.71. The maximum atomic E-state index is 11.5. The molecular formula is C10H16N4O. The molecule has 1 rings (SSSR count). The van der Waals surface area contributed by atoms with Crippen molar-refractivity contribution in [1.29, 1.82) is 0 Å². The molecule has 0 radical (unpaired) electrons. The number of hydrazine groups is 1. The molecule has 0 aromatic carbocycles. The summed E-state index contributed by atoms with van der Waals surface area (Å²) in [5.74, 6) is 0.620. The molecule has 5 heteroatoms. The van der Waals surface area contributed by atoms with Gasteiger partial charge in [-0.15, -0.1) is 0 Å². The number of hydrogen-bond donors (Lipinski definition) is 2. The van der Waals surface area contributed by atoms with E-state index in [9.17, 15) is 4.79 Å². The normalized spacial score (nSPS) is 10.1. The maximum absolute atomic E-state index is 11.5. The second-order valence-corrected chi connectivity index (χ2v) is 3.30. The number of anilines is 1. The lowest BCUT2D eigenvalue weighted by atomic mass is 10.3. The quantitative estimate of drug-likeness (QED) is 0.716. The van der Waals surface area contributed by atoms with Gasteiger partial charge in [0.15, 0.2) is 0 Å². The number of carbonyl (C=O) groups is 1. The fraction of sp³-hybridized carbons (Fsp3) is 0.400. The van der Waals surface area contributed by atoms with E-state index >= 15 is 0 Å². The number of nitrogens with one attached hydrogen (secondary N) is 2. The molecular weight excluding hydrogens is 192 g/mol. The highest BCUT2D eigenvalue weighted by Crippen LogP contribution is 2.04. The van der Waals surface area contributed by atoms with Crippen molar-refractivity contribution >= 4 is 11.7 Å². The molecule has 0 atom stereocenters. The van der Waals surface area contributed by atoms with Gasteiger partial charge >= 0.3 is 0 Å². The number of nitrogens with zero attached hydrogens (tertiary/aromatic N) is 2. The smallest absolute Gasteiger partial charge is 0.267 e. The van der Waals surface area contributed by atoms with Gasteiger partial charge in [0, 0.05) is 26.8 Å². The predicted octanol–water partition coefficient (Wildman–Crippen LogP) is 0.720. The molecule has 0 spiro atoms. The molecule has 1 aromatic heterocycles. The van der Waals surface area contributed by atoms with Crippen molar-refractivity contribution in [2.75, 3.05) is 26.0 Å². The van der Waals surface area contributed by atoms with Gasteiger partial charge in [0.2, 0.25) is 0 Å². The molecule has 0 aliphatic rings. The minimum atomic E-state index is -0.157. The van der Waals surface area contributed by atoms with Gasteiger partial charge in [0.25, 0.3) is 5.91 Å². The van der Waals surface area contributed by atoms with Crippen LogP contribution in [0, 0.1) is 0 Å². The molecule has 0 bridgehead atoms. The van der Waals surface area contributed by atoms with E-state index in [-0.39, 0.29) is 5.91 Å². The van der Waals surface area contributed by atoms with Gasteiger partial charge in [-0.25, -0.2) is 9.99 Å². The van der Waals surface area contributed by atoms with Crippen LogP contribution >= 0.6 is 0 Å². The first-order valence-corrected chi connectivity index (χ1v) is 4.81. The summed E-state index contributed by atoms with van der Waals surface area (Å²) in [6, 6.07) is 3.53. The minimum absolute atomic E-state index is 0.157. The number of amides is 1. The van der Waals surface area contributed by atoms with Crippen LogP contribution in [0.25, 0.3) is 0 Å². The Morgan fingerprint density at radius 2 is 2.20 bits per heavy atom. The fourth-order valence-electron chi connectivity index (χ4n) is 1.08. The van der Waals surface area contributed by atoms with Gasteiger partial charge in [-0.2, -0.15) is 0 Å². The van der Waals surface area contributed by atoms with Crippen LogP contribution in [0.15, 0.2) is 18.3 Å². The van der Waals surface area contributed by atoms with Crippen molar-refractivity contribution in [2.24, 2.45) is 0 Å². The Balaban J connectivity index is 2.67. The molecule has 1 amide bonds. The summed E-state index contributed by atoms with van der Waals surface area (Å²) < 4.78 is 0. The van der Waals surface area contributed by atoms with Gasteiger partial charge in [-0.05, 0) is 19.1 Å². The van der Waals surface area contributed by atoms with Crippen LogP contribution < -0.4 is 10.7 Å². The average Bonchev–Trinajstić information content (AvgIpc) is 2.18. The monoisotopic (exact) mass is 208 g/mol. The Hall–Kier alpha value is -1.62. The molecule has 15 heavy (non-hydrogen) atoms. The topological polar surface area (TPSA) is 57.3 Å². The minimum Gasteiger partial charge on any atom is -0.370 e. The Labute approximate surface area is 89.5 Å². The van der Waals surface area contributed by atoms with Gasteiger partial charge < -0.3 is 5.32 Å². The summed E-state index contributed by atoms with van der Waals surface area (Å²) in [6.07, 6.45) is 1.55. The van der Waals surface area contributed by atoms with E-state index < -0.39 is 0 Å². The lowest BCUT2D eigenvalue weighted by Crippen LogP contribution is -2.36. The Kier molecular flexibility index (Phi) is 4.05. The van der Waals surface area contributed by atoms with Crippen LogP contribution in [0.4, 0.5) is 5.82 Å². The first-order chi connectivity index (χ1) is 7.13. The average molecular weight is 208 g/mol. The van der Waals surface area contributed by atoms with E-state index in [1.807, 2.05) is 6.92 Å². The summed E-state index contributed by atoms with van der Waals surface area (Å²) in [4.78, 5) is 15.6. The number of pyridine rings is 1. The van der Waals surface area contributed by atoms with Gasteiger partial charge in [0.05, 0.1) is 5.56 Å². The van der Waals surface area contributed by atoms with Gasteiger partial charge in [-0.3, -0.25) is 10.2 Å². The van der Waals surface area contributed by atoms with Crippen molar-refractivity contribution in [3.05, 3.63) is 23.9 Å². The highest BCUT2D eigenvalue weighted by Gasteiger charge is 2.05. The molecule has 1 heterocycles. The standard InChI is InChI=1S/C10H16N4O/c1-4-11-9-6-5-8(7-12-9)10(15)13-14(2)3/h5-7H,4H2,1-3H3,(H,11,12)(H,13,15). The zero-order valence-electron chi connectivity index (χ0n) is 9.24. The molecule has 5 nitrogen and oxygen atoms in total. The zero-order valence-corrected chi connectivity index (χ0v) is 9.24. The summed E-state index contributed by atoms with van der Waals surface area (Å²) in [5.41, 5.74) is 3.19. The van der Waals surface area contributed by atoms with E-state index in [0.717, 1.165) is 12.4 Å². The van der Waals surface area contributed by atoms with E-state index in [4.69, 9.17) is 0 Å². The molecule has 0 unspecified atom stereocenters. The molecule has 0 aliphatic heterocycles. The van der Waals surface area contributed by atoms with E-state index in [1.165, 1.54) is 0 Å². The van der Waals surface area contributed by atoms with Crippen molar-refractivity contribution in [3.63, 3.8) is 0 Å². The Morgan fingerprint density at radius 1 is 1.47 bits per heavy atom. The third-order valence-corrected chi connectivity index (χ3v) is 1.71. The highest BCUT2D eigenvalue weighted by atomic mass is 16.2. The Morgan fingerprint density at radius 3 is 2.67 bits per heavy atom. The molecule has 0 fully saturated rings. The van der Waals surface area contributed by atoms with Crippen LogP contribution in [0.1, 0.15) is 17.3 Å². The molecule has 1 aromatic rings. The van der Waals surface area contributed by atoms with Gasteiger partial charge in [-0.1, -0.05) is 0 Å². The Bertz CT molecular complexity index is 321. The van der Waals surface area contributed by atoms with Crippen molar-refractivity contribution in [2.45, 2.75) is 6.92 Å². The van der Waals surface area contributed by atoms with Crippen LogP contribution in [0.5, 0.6) is 0 Å². The summed E-state index contributed by atoms with van der Waals surface area (Å²) in [5, 5.41) is 4.66. The van der Waals surface area contributed by atoms with E-state index in [0.29, 0.717) is 5.56 Å². The summed E-state index contributed by atoms with van der Waals surface area (Å²) >= 11 is 0. The predicted molar refractivity (Wildman–Crippen MR) is 59.6 cm³/mol. The van der Waals surface area contributed by atoms with E-state index in [1.54, 1.807) is 37.4 Å². The van der Waals surface area contributed by atoms with Crippen LogP contribution in [-0.2, 0) is 0 Å². The molecule has 0 saturated carbocycles. The van der Waals surface area contributed by atoms with E-state index in [2.05, 4.69) is 15.7 Å². The summed E-state index contributed by atoms with van der Waals surface area (Å²) in [7, 11) is 3.52.